The zero-order chi connectivity index (χ0) is 14.0. The van der Waals surface area contributed by atoms with Crippen LogP contribution in [-0.4, -0.2) is 5.11 Å². The Morgan fingerprint density at radius 2 is 1.89 bits per heavy atom. The molecule has 0 aliphatic carbocycles. The predicted octanol–water partition coefficient (Wildman–Crippen LogP) is 4.48. The van der Waals surface area contributed by atoms with Crippen LogP contribution in [-0.2, 0) is 6.42 Å². The summed E-state index contributed by atoms with van der Waals surface area (Å²) >= 11 is 3.44. The molecule has 100 valence electrons. The number of aliphatic hydroxyl groups is 1. The third-order valence-corrected chi connectivity index (χ3v) is 3.96. The van der Waals surface area contributed by atoms with Crippen LogP contribution in [0.25, 0.3) is 0 Å². The number of benzene rings is 2. The lowest BCUT2D eigenvalue weighted by atomic mass is 9.97. The Morgan fingerprint density at radius 3 is 2.63 bits per heavy atom. The zero-order valence-electron chi connectivity index (χ0n) is 11.0. The van der Waals surface area contributed by atoms with Crippen LogP contribution in [0.5, 0.6) is 0 Å². The summed E-state index contributed by atoms with van der Waals surface area (Å²) in [6, 6.07) is 10.5. The largest absolute Gasteiger partial charge is 0.388 e. The smallest absolute Gasteiger partial charge is 0.123 e. The van der Waals surface area contributed by atoms with Crippen molar-refractivity contribution in [3.8, 4) is 0 Å². The van der Waals surface area contributed by atoms with Crippen LogP contribution in [0.4, 0.5) is 4.39 Å². The fourth-order valence-corrected chi connectivity index (χ4v) is 2.61. The predicted molar refractivity (Wildman–Crippen MR) is 78.7 cm³/mol. The Morgan fingerprint density at radius 1 is 1.16 bits per heavy atom. The van der Waals surface area contributed by atoms with E-state index in [1.807, 2.05) is 32.0 Å². The van der Waals surface area contributed by atoms with Crippen molar-refractivity contribution in [3.63, 3.8) is 0 Å². The fourth-order valence-electron chi connectivity index (χ4n) is 2.10. The highest BCUT2D eigenvalue weighted by molar-refractivity contribution is 9.10. The molecule has 3 heteroatoms. The first-order chi connectivity index (χ1) is 8.97. The summed E-state index contributed by atoms with van der Waals surface area (Å²) in [5.74, 6) is -0.267. The van der Waals surface area contributed by atoms with Crippen molar-refractivity contribution in [1.29, 1.82) is 0 Å². The quantitative estimate of drug-likeness (QED) is 0.883. The van der Waals surface area contributed by atoms with Gasteiger partial charge in [0.25, 0.3) is 0 Å². The van der Waals surface area contributed by atoms with Gasteiger partial charge in [0.05, 0.1) is 6.10 Å². The van der Waals surface area contributed by atoms with Crippen LogP contribution >= 0.6 is 15.9 Å². The van der Waals surface area contributed by atoms with Crippen LogP contribution in [0.15, 0.2) is 40.9 Å². The van der Waals surface area contributed by atoms with Crippen LogP contribution in [0, 0.1) is 19.7 Å². The van der Waals surface area contributed by atoms with Gasteiger partial charge < -0.3 is 5.11 Å². The standard InChI is InChI=1S/C16H16BrFO/c1-10-3-6-15(17)14(7-10)16(19)9-12-8-13(18)5-4-11(12)2/h3-8,16,19H,9H2,1-2H3. The zero-order valence-corrected chi connectivity index (χ0v) is 12.5. The average molecular weight is 323 g/mol. The summed E-state index contributed by atoms with van der Waals surface area (Å²) in [6.07, 6.45) is -0.235. The van der Waals surface area contributed by atoms with Gasteiger partial charge in [-0.15, -0.1) is 0 Å². The lowest BCUT2D eigenvalue weighted by molar-refractivity contribution is 0.177. The molecular weight excluding hydrogens is 307 g/mol. The maximum Gasteiger partial charge on any atom is 0.123 e. The molecule has 19 heavy (non-hydrogen) atoms. The maximum atomic E-state index is 13.3. The van der Waals surface area contributed by atoms with E-state index in [0.29, 0.717) is 6.42 Å². The first kappa shape index (κ1) is 14.2. The Labute approximate surface area is 121 Å². The molecule has 2 aromatic rings. The van der Waals surface area contributed by atoms with Crippen LogP contribution in [0.2, 0.25) is 0 Å². The molecule has 2 aromatic carbocycles. The van der Waals surface area contributed by atoms with E-state index in [0.717, 1.165) is 26.7 Å². The molecule has 0 aliphatic rings. The highest BCUT2D eigenvalue weighted by Crippen LogP contribution is 2.28. The van der Waals surface area contributed by atoms with E-state index in [1.165, 1.54) is 12.1 Å². The van der Waals surface area contributed by atoms with Crippen molar-refractivity contribution in [1.82, 2.24) is 0 Å². The van der Waals surface area contributed by atoms with Gasteiger partial charge in [-0.2, -0.15) is 0 Å². The van der Waals surface area contributed by atoms with Crippen molar-refractivity contribution in [2.45, 2.75) is 26.4 Å². The van der Waals surface area contributed by atoms with E-state index in [-0.39, 0.29) is 5.82 Å². The minimum absolute atomic E-state index is 0.267. The summed E-state index contributed by atoms with van der Waals surface area (Å²) in [6.45, 7) is 3.91. The molecule has 0 amide bonds. The number of aryl methyl sites for hydroxylation is 2. The maximum absolute atomic E-state index is 13.3. The first-order valence-corrected chi connectivity index (χ1v) is 6.96. The van der Waals surface area contributed by atoms with E-state index in [9.17, 15) is 9.50 Å². The van der Waals surface area contributed by atoms with Gasteiger partial charge in [-0.25, -0.2) is 4.39 Å². The minimum Gasteiger partial charge on any atom is -0.388 e. The SMILES string of the molecule is Cc1ccc(Br)c(C(O)Cc2cc(F)ccc2C)c1. The van der Waals surface area contributed by atoms with Crippen molar-refractivity contribution < 1.29 is 9.50 Å². The van der Waals surface area contributed by atoms with Crippen molar-refractivity contribution in [3.05, 3.63) is 68.9 Å². The van der Waals surface area contributed by atoms with Crippen LogP contribution in [0.1, 0.15) is 28.4 Å². The summed E-state index contributed by atoms with van der Waals surface area (Å²) in [5.41, 5.74) is 3.75. The Hall–Kier alpha value is -1.19. The second-order valence-corrected chi connectivity index (χ2v) is 5.67. The molecule has 2 rings (SSSR count). The summed E-state index contributed by atoms with van der Waals surface area (Å²) < 4.78 is 14.1. The number of halogens is 2. The summed E-state index contributed by atoms with van der Waals surface area (Å²) in [4.78, 5) is 0. The third kappa shape index (κ3) is 3.43. The van der Waals surface area contributed by atoms with E-state index < -0.39 is 6.10 Å². The van der Waals surface area contributed by atoms with E-state index in [1.54, 1.807) is 6.07 Å². The van der Waals surface area contributed by atoms with Crippen LogP contribution in [0.3, 0.4) is 0 Å². The number of rotatable bonds is 3. The second-order valence-electron chi connectivity index (χ2n) is 4.82. The van der Waals surface area contributed by atoms with Crippen LogP contribution < -0.4 is 0 Å². The lowest BCUT2D eigenvalue weighted by Crippen LogP contribution is -2.05. The second kappa shape index (κ2) is 5.85. The molecule has 0 spiro atoms. The molecular formula is C16H16BrFO. The van der Waals surface area contributed by atoms with Gasteiger partial charge in [-0.1, -0.05) is 39.7 Å². The molecule has 1 N–H and O–H groups in total. The molecule has 0 fully saturated rings. The van der Waals surface area contributed by atoms with Crippen molar-refractivity contribution in [2.24, 2.45) is 0 Å². The molecule has 0 saturated carbocycles. The van der Waals surface area contributed by atoms with Gasteiger partial charge >= 0.3 is 0 Å². The highest BCUT2D eigenvalue weighted by atomic mass is 79.9. The summed E-state index contributed by atoms with van der Waals surface area (Å²) in [7, 11) is 0. The number of aliphatic hydroxyl groups excluding tert-OH is 1. The third-order valence-electron chi connectivity index (χ3n) is 3.23. The monoisotopic (exact) mass is 322 g/mol. The first-order valence-electron chi connectivity index (χ1n) is 6.16. The number of hydrogen-bond acceptors (Lipinski definition) is 1. The van der Waals surface area contributed by atoms with E-state index in [4.69, 9.17) is 0 Å². The normalized spacial score (nSPS) is 12.5. The van der Waals surface area contributed by atoms with Gasteiger partial charge in [0.15, 0.2) is 0 Å². The molecule has 0 aliphatic heterocycles. The van der Waals surface area contributed by atoms with Gasteiger partial charge in [0, 0.05) is 10.9 Å². The van der Waals surface area contributed by atoms with Gasteiger partial charge in [-0.3, -0.25) is 0 Å². The molecule has 0 radical (unpaired) electrons. The van der Waals surface area contributed by atoms with E-state index in [2.05, 4.69) is 15.9 Å². The van der Waals surface area contributed by atoms with E-state index >= 15 is 0 Å². The molecule has 1 atom stereocenters. The van der Waals surface area contributed by atoms with Gasteiger partial charge in [0.1, 0.15) is 5.82 Å². The fraction of sp³-hybridized carbons (Fsp3) is 0.250. The lowest BCUT2D eigenvalue weighted by Gasteiger charge is -2.15. The molecule has 0 aromatic heterocycles. The van der Waals surface area contributed by atoms with Gasteiger partial charge in [0.2, 0.25) is 0 Å². The average Bonchev–Trinajstić information content (AvgIpc) is 2.36. The molecule has 1 unspecified atom stereocenters. The molecule has 1 nitrogen and oxygen atoms in total. The summed E-state index contributed by atoms with van der Waals surface area (Å²) in [5, 5.41) is 10.3. The van der Waals surface area contributed by atoms with Crippen molar-refractivity contribution >= 4 is 15.9 Å². The molecule has 0 heterocycles. The minimum atomic E-state index is -0.644. The Balaban J connectivity index is 2.27. The highest BCUT2D eigenvalue weighted by Gasteiger charge is 2.14. The topological polar surface area (TPSA) is 20.2 Å². The number of hydrogen-bond donors (Lipinski definition) is 1. The van der Waals surface area contributed by atoms with Gasteiger partial charge in [-0.05, 0) is 48.7 Å². The Kier molecular flexibility index (Phi) is 4.38. The molecule has 0 saturated heterocycles. The molecule has 0 bridgehead atoms. The van der Waals surface area contributed by atoms with Crippen molar-refractivity contribution in [2.75, 3.05) is 0 Å². The Bertz CT molecular complexity index is 595.